The lowest BCUT2D eigenvalue weighted by Gasteiger charge is -2.13. The monoisotopic (exact) mass is 179 g/mol. The van der Waals surface area contributed by atoms with Crippen molar-refractivity contribution in [1.82, 2.24) is 4.90 Å². The van der Waals surface area contributed by atoms with E-state index < -0.39 is 6.17 Å². The Bertz CT molecular complexity index is 153. The van der Waals surface area contributed by atoms with Crippen LogP contribution in [0.2, 0.25) is 0 Å². The van der Waals surface area contributed by atoms with Crippen LogP contribution in [0.1, 0.15) is 12.8 Å². The summed E-state index contributed by atoms with van der Waals surface area (Å²) in [6.45, 7) is 0.812. The van der Waals surface area contributed by atoms with Crippen LogP contribution in [0, 0.1) is 0 Å². The van der Waals surface area contributed by atoms with Crippen molar-refractivity contribution in [2.24, 2.45) is 0 Å². The van der Waals surface area contributed by atoms with E-state index in [2.05, 4.69) is 0 Å². The smallest absolute Gasteiger partial charge is 0.223 e. The van der Waals surface area contributed by atoms with Gasteiger partial charge >= 0.3 is 0 Å². The Hall–Kier alpha value is -0.310. The molecule has 11 heavy (non-hydrogen) atoms. The van der Waals surface area contributed by atoms with Crippen LogP contribution in [0.4, 0.5) is 4.39 Å². The maximum Gasteiger partial charge on any atom is 0.223 e. The quantitative estimate of drug-likeness (QED) is 0.583. The van der Waals surface area contributed by atoms with Gasteiger partial charge in [0, 0.05) is 18.8 Å². The number of rotatable bonds is 2. The molecule has 0 unspecified atom stereocenters. The van der Waals surface area contributed by atoms with E-state index in [0.717, 1.165) is 0 Å². The molecule has 1 atom stereocenters. The predicted octanol–water partition coefficient (Wildman–Crippen LogP) is 1.19. The van der Waals surface area contributed by atoms with Gasteiger partial charge in [0.15, 0.2) is 0 Å². The molecule has 1 fully saturated rings. The lowest BCUT2D eigenvalue weighted by atomic mass is 10.3. The minimum absolute atomic E-state index is 0.0276. The van der Waals surface area contributed by atoms with Crippen molar-refractivity contribution in [2.45, 2.75) is 19.0 Å². The highest BCUT2D eigenvalue weighted by Crippen LogP contribution is 2.13. The number of hydrogen-bond donors (Lipinski definition) is 0. The summed E-state index contributed by atoms with van der Waals surface area (Å²) in [6.07, 6.45) is -0.0169. The molecule has 4 heteroatoms. The first-order valence-electron chi connectivity index (χ1n) is 3.72. The van der Waals surface area contributed by atoms with E-state index in [1.165, 1.54) is 4.90 Å². The van der Waals surface area contributed by atoms with E-state index in [1.54, 1.807) is 0 Å². The molecular formula is C7H11ClFNO. The fourth-order valence-corrected chi connectivity index (χ4v) is 1.34. The third-order valence-corrected chi connectivity index (χ3v) is 1.98. The number of alkyl halides is 2. The van der Waals surface area contributed by atoms with Crippen molar-refractivity contribution in [2.75, 3.05) is 19.0 Å². The Morgan fingerprint density at radius 1 is 1.73 bits per heavy atom. The van der Waals surface area contributed by atoms with Gasteiger partial charge in [-0.05, 0) is 6.42 Å². The molecule has 0 bridgehead atoms. The molecule has 0 saturated carbocycles. The van der Waals surface area contributed by atoms with Gasteiger partial charge in [0.05, 0.1) is 6.54 Å². The first kappa shape index (κ1) is 8.78. The Morgan fingerprint density at radius 3 is 2.91 bits per heavy atom. The van der Waals surface area contributed by atoms with E-state index in [0.29, 0.717) is 25.3 Å². The maximum absolute atomic E-state index is 12.5. The van der Waals surface area contributed by atoms with Gasteiger partial charge in [-0.25, -0.2) is 4.39 Å². The van der Waals surface area contributed by atoms with Crippen LogP contribution in [0.5, 0.6) is 0 Å². The molecule has 0 aromatic heterocycles. The minimum Gasteiger partial charge on any atom is -0.340 e. The zero-order valence-electron chi connectivity index (χ0n) is 6.22. The van der Waals surface area contributed by atoms with Crippen LogP contribution in [0.15, 0.2) is 0 Å². The van der Waals surface area contributed by atoms with Crippen molar-refractivity contribution < 1.29 is 9.18 Å². The minimum atomic E-state index is -0.825. The molecule has 0 N–H and O–H groups in total. The molecule has 1 saturated heterocycles. The van der Waals surface area contributed by atoms with E-state index in [-0.39, 0.29) is 12.5 Å². The van der Waals surface area contributed by atoms with Crippen LogP contribution in [-0.4, -0.2) is 35.9 Å². The van der Waals surface area contributed by atoms with Crippen molar-refractivity contribution in [3.8, 4) is 0 Å². The summed E-state index contributed by atoms with van der Waals surface area (Å²) in [6, 6.07) is 0. The van der Waals surface area contributed by atoms with Crippen LogP contribution in [0.25, 0.3) is 0 Å². The molecule has 0 radical (unpaired) electrons. The van der Waals surface area contributed by atoms with Gasteiger partial charge in [0.25, 0.3) is 0 Å². The van der Waals surface area contributed by atoms with Gasteiger partial charge in [-0.2, -0.15) is 0 Å². The number of halogens is 2. The largest absolute Gasteiger partial charge is 0.340 e. The first-order valence-corrected chi connectivity index (χ1v) is 4.25. The second-order valence-corrected chi connectivity index (χ2v) is 3.04. The first-order chi connectivity index (χ1) is 5.24. The molecule has 2 nitrogen and oxygen atoms in total. The molecule has 1 amide bonds. The zero-order valence-corrected chi connectivity index (χ0v) is 6.98. The van der Waals surface area contributed by atoms with E-state index >= 15 is 0 Å². The second-order valence-electron chi connectivity index (χ2n) is 2.66. The summed E-state index contributed by atoms with van der Waals surface area (Å²) < 4.78 is 12.5. The van der Waals surface area contributed by atoms with Crippen molar-refractivity contribution >= 4 is 17.5 Å². The Labute approximate surface area is 70.3 Å². The predicted molar refractivity (Wildman–Crippen MR) is 41.4 cm³/mol. The highest BCUT2D eigenvalue weighted by atomic mass is 35.5. The molecule has 0 aliphatic carbocycles. The third-order valence-electron chi connectivity index (χ3n) is 1.79. The zero-order chi connectivity index (χ0) is 8.27. The number of nitrogens with zero attached hydrogens (tertiary/aromatic N) is 1. The van der Waals surface area contributed by atoms with Gasteiger partial charge < -0.3 is 4.90 Å². The summed E-state index contributed by atoms with van der Waals surface area (Å²) in [5.41, 5.74) is 0. The van der Waals surface area contributed by atoms with Gasteiger partial charge in [-0.15, -0.1) is 11.6 Å². The van der Waals surface area contributed by atoms with Crippen molar-refractivity contribution in [1.29, 1.82) is 0 Å². The Kier molecular flexibility index (Phi) is 3.12. The molecule has 1 aliphatic heterocycles. The SMILES string of the molecule is O=C(CCCl)N1CC[C@H](F)C1. The number of carbonyl (C=O) groups excluding carboxylic acids is 1. The average molecular weight is 180 g/mol. The summed E-state index contributed by atoms with van der Waals surface area (Å²) in [4.78, 5) is 12.6. The third kappa shape index (κ3) is 2.33. The summed E-state index contributed by atoms with van der Waals surface area (Å²) >= 11 is 5.37. The van der Waals surface area contributed by atoms with Gasteiger partial charge in [-0.3, -0.25) is 4.79 Å². The maximum atomic E-state index is 12.5. The summed E-state index contributed by atoms with van der Waals surface area (Å²) in [5, 5.41) is 0. The number of hydrogen-bond acceptors (Lipinski definition) is 1. The number of carbonyl (C=O) groups is 1. The topological polar surface area (TPSA) is 20.3 Å². The molecule has 1 heterocycles. The summed E-state index contributed by atoms with van der Waals surface area (Å²) in [5.74, 6) is 0.298. The molecular weight excluding hydrogens is 169 g/mol. The second kappa shape index (κ2) is 3.90. The van der Waals surface area contributed by atoms with E-state index in [4.69, 9.17) is 11.6 Å². The van der Waals surface area contributed by atoms with Crippen molar-refractivity contribution in [3.63, 3.8) is 0 Å². The highest BCUT2D eigenvalue weighted by Gasteiger charge is 2.24. The molecule has 1 rings (SSSR count). The fraction of sp³-hybridized carbons (Fsp3) is 0.857. The van der Waals surface area contributed by atoms with Crippen molar-refractivity contribution in [3.05, 3.63) is 0 Å². The lowest BCUT2D eigenvalue weighted by Crippen LogP contribution is -2.28. The van der Waals surface area contributed by atoms with Gasteiger partial charge in [0.1, 0.15) is 6.17 Å². The number of amides is 1. The van der Waals surface area contributed by atoms with Crippen LogP contribution < -0.4 is 0 Å². The normalized spacial score (nSPS) is 24.2. The van der Waals surface area contributed by atoms with Crippen LogP contribution in [-0.2, 0) is 4.79 Å². The van der Waals surface area contributed by atoms with E-state index in [9.17, 15) is 9.18 Å². The highest BCUT2D eigenvalue weighted by molar-refractivity contribution is 6.18. The molecule has 64 valence electrons. The molecule has 1 aliphatic rings. The molecule has 0 aromatic carbocycles. The van der Waals surface area contributed by atoms with Crippen LogP contribution in [0.3, 0.4) is 0 Å². The summed E-state index contributed by atoms with van der Waals surface area (Å²) in [7, 11) is 0. The van der Waals surface area contributed by atoms with E-state index in [1.807, 2.05) is 0 Å². The number of likely N-dealkylation sites (tertiary alicyclic amines) is 1. The van der Waals surface area contributed by atoms with Crippen LogP contribution >= 0.6 is 11.6 Å². The average Bonchev–Trinajstić information content (AvgIpc) is 2.36. The standard InChI is InChI=1S/C7H11ClFNO/c8-3-1-7(11)10-4-2-6(9)5-10/h6H,1-5H2/t6-/m0/s1. The molecule has 0 spiro atoms. The fourth-order valence-electron chi connectivity index (χ4n) is 1.18. The Morgan fingerprint density at radius 2 is 2.45 bits per heavy atom. The van der Waals surface area contributed by atoms with Gasteiger partial charge in [-0.1, -0.05) is 0 Å². The Balaban J connectivity index is 2.31. The molecule has 0 aromatic rings. The lowest BCUT2D eigenvalue weighted by molar-refractivity contribution is -0.129. The van der Waals surface area contributed by atoms with Gasteiger partial charge in [0.2, 0.25) is 5.91 Å².